The maximum atomic E-state index is 10.3. The lowest BCUT2D eigenvalue weighted by Gasteiger charge is -2.41. The SMILES string of the molecule is C=CCO[C@H]1O[C@H](CO)[C@H](O)[C@H](OCc2ccc(OC)cc2)[C@H]1O. The van der Waals surface area contributed by atoms with Crippen LogP contribution in [-0.2, 0) is 20.8 Å². The van der Waals surface area contributed by atoms with E-state index in [2.05, 4.69) is 6.58 Å². The fourth-order valence-corrected chi connectivity index (χ4v) is 2.46. The number of hydrogen-bond donors (Lipinski definition) is 3. The van der Waals surface area contributed by atoms with E-state index < -0.39 is 37.3 Å². The zero-order valence-electron chi connectivity index (χ0n) is 13.6. The molecule has 0 aromatic heterocycles. The second-order valence-corrected chi connectivity index (χ2v) is 5.45. The lowest BCUT2D eigenvalue weighted by Crippen LogP contribution is -2.60. The third kappa shape index (κ3) is 4.54. The van der Waals surface area contributed by atoms with E-state index in [1.165, 1.54) is 6.08 Å². The van der Waals surface area contributed by atoms with Crippen molar-refractivity contribution >= 4 is 0 Å². The van der Waals surface area contributed by atoms with Crippen molar-refractivity contribution in [1.29, 1.82) is 0 Å². The Bertz CT molecular complexity index is 504. The van der Waals surface area contributed by atoms with Crippen LogP contribution in [0.1, 0.15) is 5.56 Å². The minimum absolute atomic E-state index is 0.168. The fourth-order valence-electron chi connectivity index (χ4n) is 2.46. The van der Waals surface area contributed by atoms with E-state index in [4.69, 9.17) is 18.9 Å². The zero-order valence-corrected chi connectivity index (χ0v) is 13.6. The van der Waals surface area contributed by atoms with E-state index in [-0.39, 0.29) is 13.2 Å². The predicted molar refractivity (Wildman–Crippen MR) is 85.5 cm³/mol. The van der Waals surface area contributed by atoms with E-state index in [1.54, 1.807) is 19.2 Å². The molecule has 1 aromatic carbocycles. The molecule has 0 saturated carbocycles. The minimum Gasteiger partial charge on any atom is -0.497 e. The topological polar surface area (TPSA) is 97.6 Å². The van der Waals surface area contributed by atoms with Crippen molar-refractivity contribution in [1.82, 2.24) is 0 Å². The highest BCUT2D eigenvalue weighted by Gasteiger charge is 2.45. The van der Waals surface area contributed by atoms with Gasteiger partial charge in [0.2, 0.25) is 0 Å². The maximum Gasteiger partial charge on any atom is 0.187 e. The largest absolute Gasteiger partial charge is 0.497 e. The lowest BCUT2D eigenvalue weighted by molar-refractivity contribution is -0.306. The van der Waals surface area contributed by atoms with E-state index in [9.17, 15) is 15.3 Å². The van der Waals surface area contributed by atoms with Crippen LogP contribution in [0.25, 0.3) is 0 Å². The van der Waals surface area contributed by atoms with Crippen molar-refractivity contribution < 1.29 is 34.3 Å². The quantitative estimate of drug-likeness (QED) is 0.583. The third-order valence-corrected chi connectivity index (χ3v) is 3.80. The number of rotatable bonds is 8. The van der Waals surface area contributed by atoms with Gasteiger partial charge in [-0.25, -0.2) is 0 Å². The minimum atomic E-state index is -1.19. The molecule has 0 radical (unpaired) electrons. The van der Waals surface area contributed by atoms with Crippen LogP contribution in [0.2, 0.25) is 0 Å². The molecule has 2 rings (SSSR count). The molecular formula is C17H24O7. The van der Waals surface area contributed by atoms with Gasteiger partial charge in [0.1, 0.15) is 30.2 Å². The second kappa shape index (κ2) is 9.12. The molecule has 1 fully saturated rings. The summed E-state index contributed by atoms with van der Waals surface area (Å²) in [4.78, 5) is 0. The van der Waals surface area contributed by atoms with Gasteiger partial charge in [0.05, 0.1) is 26.9 Å². The van der Waals surface area contributed by atoms with Gasteiger partial charge in [0.25, 0.3) is 0 Å². The van der Waals surface area contributed by atoms with E-state index in [0.717, 1.165) is 11.3 Å². The highest BCUT2D eigenvalue weighted by atomic mass is 16.7. The summed E-state index contributed by atoms with van der Waals surface area (Å²) in [5.41, 5.74) is 0.853. The summed E-state index contributed by atoms with van der Waals surface area (Å²) in [5.74, 6) is 0.725. The molecule has 0 bridgehead atoms. The first kappa shape index (κ1) is 18.9. The highest BCUT2D eigenvalue weighted by Crippen LogP contribution is 2.25. The Morgan fingerprint density at radius 1 is 1.17 bits per heavy atom. The molecule has 3 N–H and O–H groups in total. The number of aliphatic hydroxyl groups is 3. The Morgan fingerprint density at radius 2 is 1.88 bits per heavy atom. The van der Waals surface area contributed by atoms with Crippen LogP contribution in [-0.4, -0.2) is 66.3 Å². The van der Waals surface area contributed by atoms with Crippen LogP contribution < -0.4 is 4.74 Å². The van der Waals surface area contributed by atoms with Gasteiger partial charge in [-0.2, -0.15) is 0 Å². The normalized spacial score (nSPS) is 30.1. The van der Waals surface area contributed by atoms with Crippen molar-refractivity contribution in [3.05, 3.63) is 42.5 Å². The molecule has 1 aromatic rings. The van der Waals surface area contributed by atoms with Gasteiger partial charge >= 0.3 is 0 Å². The lowest BCUT2D eigenvalue weighted by atomic mass is 9.99. The summed E-state index contributed by atoms with van der Waals surface area (Å²) < 4.78 is 21.4. The van der Waals surface area contributed by atoms with Crippen LogP contribution in [0.15, 0.2) is 36.9 Å². The summed E-state index contributed by atoms with van der Waals surface area (Å²) in [6.07, 6.45) is -3.71. The molecule has 0 unspecified atom stereocenters. The first-order valence-corrected chi connectivity index (χ1v) is 7.70. The van der Waals surface area contributed by atoms with Gasteiger partial charge in [-0.3, -0.25) is 0 Å². The average Bonchev–Trinajstić information content (AvgIpc) is 2.61. The molecule has 0 spiro atoms. The standard InChI is InChI=1S/C17H24O7/c1-3-8-22-17-15(20)16(14(19)13(9-18)24-17)23-10-11-4-6-12(21-2)7-5-11/h3-7,13-20H,1,8-10H2,2H3/t13-,14+,15-,16+,17+/m1/s1. The van der Waals surface area contributed by atoms with E-state index in [0.29, 0.717) is 0 Å². The molecule has 1 aliphatic heterocycles. The summed E-state index contributed by atoms with van der Waals surface area (Å²) in [6, 6.07) is 7.24. The monoisotopic (exact) mass is 340 g/mol. The van der Waals surface area contributed by atoms with Crippen molar-refractivity contribution in [3.8, 4) is 5.75 Å². The van der Waals surface area contributed by atoms with Gasteiger partial charge in [-0.15, -0.1) is 6.58 Å². The van der Waals surface area contributed by atoms with Crippen molar-refractivity contribution in [2.75, 3.05) is 20.3 Å². The van der Waals surface area contributed by atoms with Crippen LogP contribution in [0, 0.1) is 0 Å². The Morgan fingerprint density at radius 3 is 2.46 bits per heavy atom. The third-order valence-electron chi connectivity index (χ3n) is 3.80. The van der Waals surface area contributed by atoms with Crippen molar-refractivity contribution in [2.24, 2.45) is 0 Å². The first-order chi connectivity index (χ1) is 11.6. The van der Waals surface area contributed by atoms with Crippen LogP contribution in [0.5, 0.6) is 5.75 Å². The second-order valence-electron chi connectivity index (χ2n) is 5.45. The van der Waals surface area contributed by atoms with E-state index >= 15 is 0 Å². The Labute approximate surface area is 141 Å². The van der Waals surface area contributed by atoms with Crippen LogP contribution in [0.4, 0.5) is 0 Å². The van der Waals surface area contributed by atoms with E-state index in [1.807, 2.05) is 12.1 Å². The molecule has 1 aliphatic rings. The number of benzene rings is 1. The summed E-state index contributed by atoms with van der Waals surface area (Å²) in [6.45, 7) is 3.46. The van der Waals surface area contributed by atoms with Crippen molar-refractivity contribution in [3.63, 3.8) is 0 Å². The Kier molecular flexibility index (Phi) is 7.16. The van der Waals surface area contributed by atoms with Gasteiger partial charge in [0, 0.05) is 0 Å². The fraction of sp³-hybridized carbons (Fsp3) is 0.529. The molecule has 5 atom stereocenters. The van der Waals surface area contributed by atoms with Crippen LogP contribution in [0.3, 0.4) is 0 Å². The highest BCUT2D eigenvalue weighted by molar-refractivity contribution is 5.26. The van der Waals surface area contributed by atoms with Gasteiger partial charge in [-0.1, -0.05) is 18.2 Å². The molecule has 1 heterocycles. The zero-order chi connectivity index (χ0) is 17.5. The molecular weight excluding hydrogens is 316 g/mol. The predicted octanol–water partition coefficient (Wildman–Crippen LogP) is 0.222. The molecule has 7 heteroatoms. The number of ether oxygens (including phenoxy) is 4. The molecule has 1 saturated heterocycles. The number of hydrogen-bond acceptors (Lipinski definition) is 7. The van der Waals surface area contributed by atoms with Gasteiger partial charge in [0.15, 0.2) is 6.29 Å². The molecule has 7 nitrogen and oxygen atoms in total. The molecule has 0 aliphatic carbocycles. The Hall–Kier alpha value is -1.48. The Balaban J connectivity index is 2.02. The number of methoxy groups -OCH3 is 1. The first-order valence-electron chi connectivity index (χ1n) is 7.70. The van der Waals surface area contributed by atoms with Gasteiger partial charge in [-0.05, 0) is 17.7 Å². The van der Waals surface area contributed by atoms with Crippen LogP contribution >= 0.6 is 0 Å². The van der Waals surface area contributed by atoms with Crippen molar-refractivity contribution in [2.45, 2.75) is 37.3 Å². The summed E-state index contributed by atoms with van der Waals surface area (Å²) in [7, 11) is 1.58. The van der Waals surface area contributed by atoms with Gasteiger partial charge < -0.3 is 34.3 Å². The molecule has 0 amide bonds. The maximum absolute atomic E-state index is 10.3. The molecule has 134 valence electrons. The summed E-state index contributed by atoms with van der Waals surface area (Å²) >= 11 is 0. The summed E-state index contributed by atoms with van der Waals surface area (Å²) in [5, 5.41) is 29.9. The molecule has 24 heavy (non-hydrogen) atoms. The average molecular weight is 340 g/mol. The smallest absolute Gasteiger partial charge is 0.187 e. The number of aliphatic hydroxyl groups excluding tert-OH is 3.